The largest absolute Gasteiger partial charge is 0.357 e. The highest BCUT2D eigenvalue weighted by molar-refractivity contribution is 5.48. The molecule has 0 saturated carbocycles. The van der Waals surface area contributed by atoms with Gasteiger partial charge in [0.05, 0.1) is 0 Å². The average molecular weight is 219 g/mol. The third-order valence-electron chi connectivity index (χ3n) is 3.32. The van der Waals surface area contributed by atoms with Crippen molar-refractivity contribution < 1.29 is 0 Å². The van der Waals surface area contributed by atoms with Crippen molar-refractivity contribution in [3.05, 3.63) is 23.9 Å². The maximum absolute atomic E-state index is 4.55. The Morgan fingerprint density at radius 2 is 2.25 bits per heavy atom. The van der Waals surface area contributed by atoms with E-state index in [1.165, 1.54) is 18.4 Å². The van der Waals surface area contributed by atoms with Crippen LogP contribution in [0.5, 0.6) is 0 Å². The Balaban J connectivity index is 2.28. The van der Waals surface area contributed by atoms with Crippen LogP contribution in [-0.2, 0) is 0 Å². The number of hydrogen-bond acceptors (Lipinski definition) is 3. The van der Waals surface area contributed by atoms with Crippen molar-refractivity contribution in [1.82, 2.24) is 10.3 Å². The minimum atomic E-state index is 0.504. The van der Waals surface area contributed by atoms with Crippen LogP contribution in [0, 0.1) is 0 Å². The zero-order valence-electron chi connectivity index (χ0n) is 10.2. The van der Waals surface area contributed by atoms with E-state index in [9.17, 15) is 0 Å². The second kappa shape index (κ2) is 5.30. The predicted molar refractivity (Wildman–Crippen MR) is 67.8 cm³/mol. The summed E-state index contributed by atoms with van der Waals surface area (Å²) in [6, 6.07) is 4.76. The lowest BCUT2D eigenvalue weighted by Gasteiger charge is -2.24. The molecule has 0 radical (unpaired) electrons. The summed E-state index contributed by atoms with van der Waals surface area (Å²) in [5.41, 5.74) is 1.36. The molecule has 0 unspecified atom stereocenters. The van der Waals surface area contributed by atoms with Gasteiger partial charge in [-0.25, -0.2) is 4.98 Å². The van der Waals surface area contributed by atoms with E-state index in [1.54, 1.807) is 0 Å². The van der Waals surface area contributed by atoms with Crippen LogP contribution in [0.2, 0.25) is 0 Å². The Morgan fingerprint density at radius 3 is 2.88 bits per heavy atom. The molecular weight excluding hydrogens is 198 g/mol. The second-order valence-corrected chi connectivity index (χ2v) is 4.24. The molecular formula is C13H21N3. The van der Waals surface area contributed by atoms with E-state index in [1.807, 2.05) is 12.3 Å². The van der Waals surface area contributed by atoms with Crippen LogP contribution in [0.4, 0.5) is 5.82 Å². The number of nitrogens with zero attached hydrogens (tertiary/aromatic N) is 2. The van der Waals surface area contributed by atoms with Gasteiger partial charge in [-0.05, 0) is 39.3 Å². The first-order valence-electron chi connectivity index (χ1n) is 6.30. The van der Waals surface area contributed by atoms with Crippen LogP contribution in [0.15, 0.2) is 18.3 Å². The number of aromatic nitrogens is 1. The molecule has 0 amide bonds. The van der Waals surface area contributed by atoms with Crippen molar-refractivity contribution in [2.24, 2.45) is 0 Å². The maximum atomic E-state index is 4.55. The van der Waals surface area contributed by atoms with Gasteiger partial charge in [-0.15, -0.1) is 0 Å². The van der Waals surface area contributed by atoms with Gasteiger partial charge in [-0.1, -0.05) is 6.07 Å². The minimum absolute atomic E-state index is 0.504. The summed E-state index contributed by atoms with van der Waals surface area (Å²) < 4.78 is 0. The van der Waals surface area contributed by atoms with Crippen molar-refractivity contribution >= 4 is 5.82 Å². The van der Waals surface area contributed by atoms with E-state index in [2.05, 4.69) is 35.1 Å². The van der Waals surface area contributed by atoms with Gasteiger partial charge in [-0.3, -0.25) is 0 Å². The number of nitrogens with one attached hydrogen (secondary N) is 1. The van der Waals surface area contributed by atoms with Gasteiger partial charge in [0.2, 0.25) is 0 Å². The van der Waals surface area contributed by atoms with Crippen molar-refractivity contribution in [2.75, 3.05) is 24.5 Å². The second-order valence-electron chi connectivity index (χ2n) is 4.24. The molecule has 88 valence electrons. The maximum Gasteiger partial charge on any atom is 0.133 e. The normalized spacial score (nSPS) is 20.0. The fourth-order valence-electron chi connectivity index (χ4n) is 2.42. The molecule has 1 aliphatic heterocycles. The van der Waals surface area contributed by atoms with Crippen LogP contribution in [-0.4, -0.2) is 24.6 Å². The molecule has 2 rings (SSSR count). The van der Waals surface area contributed by atoms with Gasteiger partial charge in [0.15, 0.2) is 0 Å². The topological polar surface area (TPSA) is 28.2 Å². The van der Waals surface area contributed by atoms with Gasteiger partial charge in [0.25, 0.3) is 0 Å². The molecule has 1 N–H and O–H groups in total. The summed E-state index contributed by atoms with van der Waals surface area (Å²) in [6.07, 6.45) is 4.41. The third-order valence-corrected chi connectivity index (χ3v) is 3.32. The molecule has 0 aliphatic carbocycles. The van der Waals surface area contributed by atoms with Crippen molar-refractivity contribution in [1.29, 1.82) is 0 Å². The SMILES string of the molecule is CCN(CC)c1ncccc1[C@@H]1CCCN1. The Hall–Kier alpha value is -1.09. The molecule has 1 saturated heterocycles. The molecule has 2 heterocycles. The summed E-state index contributed by atoms with van der Waals surface area (Å²) in [4.78, 5) is 6.88. The highest BCUT2D eigenvalue weighted by atomic mass is 15.2. The van der Waals surface area contributed by atoms with Crippen molar-refractivity contribution in [3.63, 3.8) is 0 Å². The Bertz CT molecular complexity index is 307. The van der Waals surface area contributed by atoms with Gasteiger partial charge in [0.1, 0.15) is 5.82 Å². The number of anilines is 1. The van der Waals surface area contributed by atoms with E-state index >= 15 is 0 Å². The smallest absolute Gasteiger partial charge is 0.133 e. The number of rotatable bonds is 4. The fraction of sp³-hybridized carbons (Fsp3) is 0.615. The van der Waals surface area contributed by atoms with Gasteiger partial charge in [0, 0.05) is 30.9 Å². The Morgan fingerprint density at radius 1 is 1.44 bits per heavy atom. The summed E-state index contributed by atoms with van der Waals surface area (Å²) in [5, 5.41) is 3.55. The molecule has 0 aromatic carbocycles. The van der Waals surface area contributed by atoms with E-state index < -0.39 is 0 Å². The summed E-state index contributed by atoms with van der Waals surface area (Å²) >= 11 is 0. The number of pyridine rings is 1. The highest BCUT2D eigenvalue weighted by Crippen LogP contribution is 2.29. The van der Waals surface area contributed by atoms with Gasteiger partial charge in [-0.2, -0.15) is 0 Å². The summed E-state index contributed by atoms with van der Waals surface area (Å²) in [5.74, 6) is 1.16. The molecule has 0 bridgehead atoms. The lowest BCUT2D eigenvalue weighted by Crippen LogP contribution is -2.26. The van der Waals surface area contributed by atoms with Crippen LogP contribution in [0.3, 0.4) is 0 Å². The molecule has 1 atom stereocenters. The minimum Gasteiger partial charge on any atom is -0.357 e. The molecule has 1 fully saturated rings. The summed E-state index contributed by atoms with van der Waals surface area (Å²) in [7, 11) is 0. The average Bonchev–Trinajstić information content (AvgIpc) is 2.85. The first kappa shape index (κ1) is 11.4. The van der Waals surface area contributed by atoms with Crippen LogP contribution < -0.4 is 10.2 Å². The molecule has 3 heteroatoms. The lowest BCUT2D eigenvalue weighted by molar-refractivity contribution is 0.640. The van der Waals surface area contributed by atoms with E-state index in [4.69, 9.17) is 0 Å². The number of hydrogen-bond donors (Lipinski definition) is 1. The van der Waals surface area contributed by atoms with Crippen molar-refractivity contribution in [3.8, 4) is 0 Å². The highest BCUT2D eigenvalue weighted by Gasteiger charge is 2.21. The van der Waals surface area contributed by atoms with Gasteiger partial charge < -0.3 is 10.2 Å². The molecule has 0 spiro atoms. The van der Waals surface area contributed by atoms with E-state index in [0.29, 0.717) is 6.04 Å². The van der Waals surface area contributed by atoms with Crippen LogP contribution in [0.25, 0.3) is 0 Å². The molecule has 16 heavy (non-hydrogen) atoms. The molecule has 3 nitrogen and oxygen atoms in total. The van der Waals surface area contributed by atoms with E-state index in [-0.39, 0.29) is 0 Å². The fourth-order valence-corrected chi connectivity index (χ4v) is 2.42. The third kappa shape index (κ3) is 2.19. The first-order chi connectivity index (χ1) is 7.86. The zero-order valence-corrected chi connectivity index (χ0v) is 10.2. The van der Waals surface area contributed by atoms with Crippen LogP contribution >= 0.6 is 0 Å². The standard InChI is InChI=1S/C13H21N3/c1-3-16(4-2)13-11(7-5-10-15-13)12-8-6-9-14-12/h5,7,10,12,14H,3-4,6,8-9H2,1-2H3/t12-/m0/s1. The molecule has 1 aliphatic rings. The van der Waals surface area contributed by atoms with E-state index in [0.717, 1.165) is 25.5 Å². The summed E-state index contributed by atoms with van der Waals surface area (Å²) in [6.45, 7) is 7.55. The first-order valence-corrected chi connectivity index (χ1v) is 6.30. The molecule has 1 aromatic heterocycles. The predicted octanol–water partition coefficient (Wildman–Crippen LogP) is 2.35. The van der Waals surface area contributed by atoms with Crippen molar-refractivity contribution in [2.45, 2.75) is 32.7 Å². The lowest BCUT2D eigenvalue weighted by atomic mass is 10.1. The Kier molecular flexibility index (Phi) is 3.78. The quantitative estimate of drug-likeness (QED) is 0.842. The Labute approximate surface area is 97.9 Å². The zero-order chi connectivity index (χ0) is 11.4. The van der Waals surface area contributed by atoms with Gasteiger partial charge >= 0.3 is 0 Å². The molecule has 1 aromatic rings. The van der Waals surface area contributed by atoms with Crippen LogP contribution in [0.1, 0.15) is 38.3 Å². The monoisotopic (exact) mass is 219 g/mol.